The van der Waals surface area contributed by atoms with Gasteiger partial charge in [0, 0.05) is 44.8 Å². The van der Waals surface area contributed by atoms with Crippen LogP contribution in [0.25, 0.3) is 0 Å². The van der Waals surface area contributed by atoms with E-state index in [1.54, 1.807) is 12.2 Å². The van der Waals surface area contributed by atoms with Gasteiger partial charge in [-0.15, -0.1) is 0 Å². The third-order valence-corrected chi connectivity index (χ3v) is 7.82. The zero-order valence-electron chi connectivity index (χ0n) is 18.5. The summed E-state index contributed by atoms with van der Waals surface area (Å²) >= 11 is 0. The molecule has 0 aromatic carbocycles. The summed E-state index contributed by atoms with van der Waals surface area (Å²) in [6.45, 7) is 4.23. The minimum absolute atomic E-state index is 0.00934. The molecular weight excluding hydrogens is 407 g/mol. The highest BCUT2D eigenvalue weighted by atomic mass is 19.4. The van der Waals surface area contributed by atoms with Crippen molar-refractivity contribution in [3.8, 4) is 0 Å². The fourth-order valence-corrected chi connectivity index (χ4v) is 6.11. The first kappa shape index (κ1) is 23.0. The molecule has 5 atom stereocenters. The van der Waals surface area contributed by atoms with Crippen LogP contribution in [0.15, 0.2) is 12.2 Å². The van der Waals surface area contributed by atoms with Crippen molar-refractivity contribution in [2.75, 3.05) is 26.7 Å². The maximum Gasteiger partial charge on any atom is 0.391 e. The van der Waals surface area contributed by atoms with Crippen molar-refractivity contribution in [1.29, 1.82) is 0 Å². The molecule has 1 saturated carbocycles. The van der Waals surface area contributed by atoms with Crippen molar-refractivity contribution < 1.29 is 18.0 Å². The number of fused-ring (bicyclic) bond motifs is 1. The molecule has 4 aliphatic rings. The first-order valence-electron chi connectivity index (χ1n) is 11.7. The van der Waals surface area contributed by atoms with Crippen molar-refractivity contribution in [3.63, 3.8) is 0 Å². The Morgan fingerprint density at radius 2 is 1.74 bits per heavy atom. The van der Waals surface area contributed by atoms with Gasteiger partial charge in [0.25, 0.3) is 0 Å². The highest BCUT2D eigenvalue weighted by molar-refractivity contribution is 5.87. The summed E-state index contributed by atoms with van der Waals surface area (Å²) in [5.41, 5.74) is 3.56. The van der Waals surface area contributed by atoms with E-state index in [1.807, 2.05) is 18.9 Å². The van der Waals surface area contributed by atoms with Crippen LogP contribution in [0.2, 0.25) is 0 Å². The van der Waals surface area contributed by atoms with Gasteiger partial charge in [0.1, 0.15) is 0 Å². The maximum atomic E-state index is 13.1. The second-order valence-corrected chi connectivity index (χ2v) is 9.78. The lowest BCUT2D eigenvalue weighted by atomic mass is 9.75. The van der Waals surface area contributed by atoms with Gasteiger partial charge >= 0.3 is 6.18 Å². The molecule has 9 heteroatoms. The van der Waals surface area contributed by atoms with Gasteiger partial charge in [-0.25, -0.2) is 5.01 Å². The number of hydrazine groups is 1. The van der Waals surface area contributed by atoms with Gasteiger partial charge < -0.3 is 4.90 Å². The van der Waals surface area contributed by atoms with Crippen molar-refractivity contribution in [3.05, 3.63) is 12.2 Å². The number of carbonyl (C=O) groups excluding carboxylic acids is 1. The maximum absolute atomic E-state index is 13.1. The Hall–Kier alpha value is -1.16. The number of halogens is 3. The molecule has 3 N–H and O–H groups in total. The third kappa shape index (κ3) is 5.10. The number of hydrogen-bond donors (Lipinski definition) is 3. The molecule has 3 heterocycles. The fourth-order valence-electron chi connectivity index (χ4n) is 6.11. The predicted molar refractivity (Wildman–Crippen MR) is 113 cm³/mol. The molecule has 1 amide bonds. The van der Waals surface area contributed by atoms with Crippen LogP contribution >= 0.6 is 0 Å². The van der Waals surface area contributed by atoms with E-state index in [4.69, 9.17) is 0 Å². The summed E-state index contributed by atoms with van der Waals surface area (Å²) in [5.74, 6) is -0.548. The first-order chi connectivity index (χ1) is 14.8. The third-order valence-electron chi connectivity index (χ3n) is 7.82. The molecule has 3 aliphatic heterocycles. The Labute approximate surface area is 182 Å². The summed E-state index contributed by atoms with van der Waals surface area (Å²) in [4.78, 5) is 14.3. The van der Waals surface area contributed by atoms with Crippen molar-refractivity contribution in [1.82, 2.24) is 26.0 Å². The van der Waals surface area contributed by atoms with Gasteiger partial charge in [0.2, 0.25) is 5.91 Å². The van der Waals surface area contributed by atoms with E-state index in [9.17, 15) is 18.0 Å². The molecule has 6 nitrogen and oxygen atoms in total. The number of piperidine rings is 1. The second kappa shape index (κ2) is 9.37. The molecule has 0 spiro atoms. The van der Waals surface area contributed by atoms with E-state index in [2.05, 4.69) is 21.1 Å². The number of allylic oxidation sites excluding steroid dienone is 1. The van der Waals surface area contributed by atoms with E-state index >= 15 is 0 Å². The van der Waals surface area contributed by atoms with Crippen LogP contribution in [0.1, 0.15) is 45.4 Å². The molecule has 1 aliphatic carbocycles. The topological polar surface area (TPSA) is 59.6 Å². The minimum atomic E-state index is -4.08. The molecule has 4 fully saturated rings. The van der Waals surface area contributed by atoms with Crippen molar-refractivity contribution in [2.24, 2.45) is 17.8 Å². The first-order valence-corrected chi connectivity index (χ1v) is 11.7. The number of rotatable bonds is 3. The second-order valence-electron chi connectivity index (χ2n) is 9.78. The molecule has 31 heavy (non-hydrogen) atoms. The largest absolute Gasteiger partial charge is 0.391 e. The van der Waals surface area contributed by atoms with Crippen LogP contribution < -0.4 is 16.1 Å². The number of alkyl halides is 3. The van der Waals surface area contributed by atoms with Crippen LogP contribution in [-0.2, 0) is 4.79 Å². The quantitative estimate of drug-likeness (QED) is 0.584. The Kier molecular flexibility index (Phi) is 6.96. The number of hydrogen-bond acceptors (Lipinski definition) is 5. The fraction of sp³-hybridized carbons (Fsp3) is 0.864. The van der Waals surface area contributed by atoms with Crippen LogP contribution in [0.3, 0.4) is 0 Å². The predicted octanol–water partition coefficient (Wildman–Crippen LogP) is 2.24. The molecule has 176 valence electrons. The average Bonchev–Trinajstić information content (AvgIpc) is 3.18. The van der Waals surface area contributed by atoms with E-state index < -0.39 is 12.1 Å². The Balaban J connectivity index is 1.47. The molecule has 4 rings (SSSR count). The van der Waals surface area contributed by atoms with Gasteiger partial charge in [0.15, 0.2) is 0 Å². The van der Waals surface area contributed by atoms with Gasteiger partial charge in [-0.2, -0.15) is 13.2 Å². The van der Waals surface area contributed by atoms with E-state index in [0.29, 0.717) is 31.3 Å². The molecule has 3 saturated heterocycles. The number of amides is 1. The van der Waals surface area contributed by atoms with E-state index in [-0.39, 0.29) is 42.9 Å². The smallest absolute Gasteiger partial charge is 0.338 e. The summed E-state index contributed by atoms with van der Waals surface area (Å²) < 4.78 is 39.4. The molecule has 0 bridgehead atoms. The molecule has 5 unspecified atom stereocenters. The summed E-state index contributed by atoms with van der Waals surface area (Å²) in [5, 5.41) is 9.65. The zero-order chi connectivity index (χ0) is 22.2. The monoisotopic (exact) mass is 443 g/mol. The van der Waals surface area contributed by atoms with Crippen LogP contribution in [0.4, 0.5) is 13.2 Å². The number of carbonyl (C=O) groups is 1. The Morgan fingerprint density at radius 1 is 1.00 bits per heavy atom. The summed E-state index contributed by atoms with van der Waals surface area (Å²) in [6.07, 6.45) is 2.85. The van der Waals surface area contributed by atoms with Crippen LogP contribution in [-0.4, -0.2) is 73.0 Å². The highest BCUT2D eigenvalue weighted by Gasteiger charge is 2.48. The SMILES string of the molecule is C/C=C/C(=O)N1CCC2C(C1)NC(C1CCC(C(F)(F)F)CC1)NC2C1CCN(C)N1. The lowest BCUT2D eigenvalue weighted by Crippen LogP contribution is -2.72. The standard InChI is InChI=1S/C22H36F3N5O/c1-3-4-19(31)30-12-9-16-18(13-30)26-21(27-20(16)17-10-11-29(2)28-17)14-5-7-15(8-6-14)22(23,24)25/h3-4,14-18,20-21,26-28H,5-13H2,1-2H3/b4-3+. The molecular formula is C22H36F3N5O. The number of nitrogens with zero attached hydrogens (tertiary/aromatic N) is 2. The average molecular weight is 444 g/mol. The minimum Gasteiger partial charge on any atom is -0.338 e. The number of nitrogens with one attached hydrogen (secondary N) is 3. The molecule has 0 aromatic heterocycles. The van der Waals surface area contributed by atoms with Gasteiger partial charge in [-0.1, -0.05) is 6.08 Å². The highest BCUT2D eigenvalue weighted by Crippen LogP contribution is 2.41. The van der Waals surface area contributed by atoms with Crippen molar-refractivity contribution >= 4 is 5.91 Å². The van der Waals surface area contributed by atoms with Crippen LogP contribution in [0.5, 0.6) is 0 Å². The Morgan fingerprint density at radius 3 is 2.35 bits per heavy atom. The number of likely N-dealkylation sites (tertiary alicyclic amines) is 1. The van der Waals surface area contributed by atoms with E-state index in [1.165, 1.54) is 0 Å². The van der Waals surface area contributed by atoms with E-state index in [0.717, 1.165) is 25.9 Å². The lowest BCUT2D eigenvalue weighted by Gasteiger charge is -2.52. The Bertz CT molecular complexity index is 664. The molecule has 0 aromatic rings. The van der Waals surface area contributed by atoms with Gasteiger partial charge in [-0.05, 0) is 63.4 Å². The summed E-state index contributed by atoms with van der Waals surface area (Å²) in [7, 11) is 2.05. The zero-order valence-corrected chi connectivity index (χ0v) is 18.5. The summed E-state index contributed by atoms with van der Waals surface area (Å²) in [6, 6.07) is 0.721. The lowest BCUT2D eigenvalue weighted by molar-refractivity contribution is -0.185. The normalized spacial score (nSPS) is 40.3. The van der Waals surface area contributed by atoms with Crippen molar-refractivity contribution in [2.45, 2.75) is 75.9 Å². The molecule has 0 radical (unpaired) electrons. The van der Waals surface area contributed by atoms with Gasteiger partial charge in [-0.3, -0.25) is 20.9 Å². The van der Waals surface area contributed by atoms with Crippen LogP contribution in [0, 0.1) is 17.8 Å². The van der Waals surface area contributed by atoms with Gasteiger partial charge in [0.05, 0.1) is 12.1 Å².